The van der Waals surface area contributed by atoms with E-state index in [4.69, 9.17) is 23.2 Å². The van der Waals surface area contributed by atoms with E-state index in [1.807, 2.05) is 29.2 Å². The van der Waals surface area contributed by atoms with E-state index in [-0.39, 0.29) is 12.2 Å². The normalized spacial score (nSPS) is 18.6. The number of aliphatic hydroxyl groups excluding tert-OH is 1. The van der Waals surface area contributed by atoms with E-state index in [0.717, 1.165) is 17.2 Å². The maximum atomic E-state index is 14.1. The van der Waals surface area contributed by atoms with Gasteiger partial charge in [-0.1, -0.05) is 59.4 Å². The summed E-state index contributed by atoms with van der Waals surface area (Å²) in [5, 5.41) is 23.1. The number of hydrogen-bond donors (Lipinski definition) is 3. The first kappa shape index (κ1) is 30.1. The molecule has 40 heavy (non-hydrogen) atoms. The van der Waals surface area contributed by atoms with Gasteiger partial charge in [-0.3, -0.25) is 9.69 Å². The molecular weight excluding hydrogens is 583 g/mol. The number of carboxylic acid groups (broad SMARTS) is 1. The fourth-order valence-electron chi connectivity index (χ4n) is 4.90. The summed E-state index contributed by atoms with van der Waals surface area (Å²) in [6.07, 6.45) is 0.345. The number of nitrogens with zero attached hydrogens (tertiary/aromatic N) is 2. The number of nitrogens with one attached hydrogen (secondary N) is 1. The summed E-state index contributed by atoms with van der Waals surface area (Å²) in [4.78, 5) is 27.4. The first-order chi connectivity index (χ1) is 19.0. The summed E-state index contributed by atoms with van der Waals surface area (Å²) in [7, 11) is 0. The van der Waals surface area contributed by atoms with Gasteiger partial charge in [0.05, 0.1) is 23.9 Å². The molecule has 0 bridgehead atoms. The SMILES string of the molecule is CSN(c1cc(F)cc(F)c1)C1CN(C(c2ccc(Cl)cc2)c2ccc(Cl)cc2)C1C(=O)NC(C(=O)O)C(C)O. The largest absolute Gasteiger partial charge is 0.480 e. The molecule has 0 saturated carbocycles. The standard InChI is InChI=1S/C28H27Cl2F2N3O4S/c1-15(36)24(28(38)39)33-27(37)26-23(35(40-2)22-12-20(31)11-21(32)13-22)14-34(26)25(16-3-7-18(29)8-4-16)17-5-9-19(30)10-6-17/h3-13,15,23-26,36H,14H2,1-2H3,(H,33,37)(H,38,39). The van der Waals surface area contributed by atoms with Gasteiger partial charge in [0.25, 0.3) is 0 Å². The molecule has 3 aromatic carbocycles. The van der Waals surface area contributed by atoms with Gasteiger partial charge < -0.3 is 19.8 Å². The number of aliphatic carboxylic acids is 1. The van der Waals surface area contributed by atoms with Crippen molar-refractivity contribution in [3.63, 3.8) is 0 Å². The van der Waals surface area contributed by atoms with Crippen molar-refractivity contribution in [2.45, 2.75) is 37.2 Å². The van der Waals surface area contributed by atoms with Gasteiger partial charge in [-0.25, -0.2) is 13.6 Å². The van der Waals surface area contributed by atoms with Crippen LogP contribution in [-0.2, 0) is 9.59 Å². The minimum Gasteiger partial charge on any atom is -0.480 e. The summed E-state index contributed by atoms with van der Waals surface area (Å²) in [6, 6.07) is 13.7. The van der Waals surface area contributed by atoms with Crippen LogP contribution in [0.15, 0.2) is 66.7 Å². The molecule has 0 radical (unpaired) electrons. The Morgan fingerprint density at radius 1 is 1.00 bits per heavy atom. The van der Waals surface area contributed by atoms with E-state index >= 15 is 0 Å². The number of amides is 1. The van der Waals surface area contributed by atoms with Crippen molar-refractivity contribution in [2.75, 3.05) is 17.1 Å². The average molecular weight is 611 g/mol. The molecule has 1 fully saturated rings. The molecule has 1 aliphatic heterocycles. The second-order valence-corrected chi connectivity index (χ2v) is 11.0. The van der Waals surface area contributed by atoms with Gasteiger partial charge in [0, 0.05) is 28.9 Å². The second kappa shape index (κ2) is 12.7. The Morgan fingerprint density at radius 2 is 1.50 bits per heavy atom. The summed E-state index contributed by atoms with van der Waals surface area (Å²) in [5.74, 6) is -3.60. The highest BCUT2D eigenvalue weighted by atomic mass is 35.5. The molecule has 0 aromatic heterocycles. The van der Waals surface area contributed by atoms with Crippen LogP contribution in [0.1, 0.15) is 24.1 Å². The summed E-state index contributed by atoms with van der Waals surface area (Å²) in [6.45, 7) is 1.54. The lowest BCUT2D eigenvalue weighted by molar-refractivity contribution is -0.147. The Labute approximate surface area is 244 Å². The van der Waals surface area contributed by atoms with Crippen LogP contribution in [0.4, 0.5) is 14.5 Å². The van der Waals surface area contributed by atoms with Crippen molar-refractivity contribution in [1.29, 1.82) is 0 Å². The minimum absolute atomic E-state index is 0.215. The Hall–Kier alpha value is -2.89. The van der Waals surface area contributed by atoms with Crippen molar-refractivity contribution in [1.82, 2.24) is 10.2 Å². The van der Waals surface area contributed by atoms with Gasteiger partial charge in [-0.2, -0.15) is 0 Å². The number of rotatable bonds is 10. The third-order valence-electron chi connectivity index (χ3n) is 6.74. The predicted molar refractivity (Wildman–Crippen MR) is 153 cm³/mol. The lowest BCUT2D eigenvalue weighted by Gasteiger charge is -2.54. The Balaban J connectivity index is 1.79. The molecule has 1 aliphatic rings. The molecule has 12 heteroatoms. The van der Waals surface area contributed by atoms with Crippen LogP contribution in [0.2, 0.25) is 10.0 Å². The van der Waals surface area contributed by atoms with E-state index in [9.17, 15) is 28.6 Å². The minimum atomic E-state index is -1.56. The lowest BCUT2D eigenvalue weighted by atomic mass is 9.86. The Kier molecular flexibility index (Phi) is 9.58. The van der Waals surface area contributed by atoms with Crippen LogP contribution < -0.4 is 9.62 Å². The third kappa shape index (κ3) is 6.53. The zero-order chi connectivity index (χ0) is 29.1. The van der Waals surface area contributed by atoms with E-state index < -0.39 is 53.8 Å². The van der Waals surface area contributed by atoms with Gasteiger partial charge >= 0.3 is 5.97 Å². The zero-order valence-corrected chi connectivity index (χ0v) is 23.8. The van der Waals surface area contributed by atoms with Crippen molar-refractivity contribution >= 4 is 52.7 Å². The van der Waals surface area contributed by atoms with Crippen molar-refractivity contribution in [2.24, 2.45) is 0 Å². The van der Waals surface area contributed by atoms with Crippen molar-refractivity contribution in [3.05, 3.63) is 99.5 Å². The van der Waals surface area contributed by atoms with E-state index in [2.05, 4.69) is 5.32 Å². The van der Waals surface area contributed by atoms with Crippen LogP contribution in [0.5, 0.6) is 0 Å². The number of carbonyl (C=O) groups excluding carboxylic acids is 1. The number of anilines is 1. The maximum absolute atomic E-state index is 14.1. The quantitative estimate of drug-likeness (QED) is 0.274. The van der Waals surface area contributed by atoms with E-state index in [0.29, 0.717) is 10.0 Å². The number of hydrogen-bond acceptors (Lipinski definition) is 6. The van der Waals surface area contributed by atoms with Crippen molar-refractivity contribution in [3.8, 4) is 0 Å². The fourth-order valence-corrected chi connectivity index (χ4v) is 5.92. The topological polar surface area (TPSA) is 93.1 Å². The number of halogens is 4. The number of carboxylic acids is 1. The first-order valence-electron chi connectivity index (χ1n) is 12.3. The molecule has 3 N–H and O–H groups in total. The first-order valence-corrected chi connectivity index (χ1v) is 14.2. The van der Waals surface area contributed by atoms with Crippen LogP contribution in [-0.4, -0.2) is 64.0 Å². The highest BCUT2D eigenvalue weighted by Gasteiger charge is 2.51. The average Bonchev–Trinajstić information content (AvgIpc) is 2.87. The third-order valence-corrected chi connectivity index (χ3v) is 8.12. The monoisotopic (exact) mass is 609 g/mol. The molecule has 1 saturated heterocycles. The van der Waals surface area contributed by atoms with Crippen molar-refractivity contribution < 1.29 is 28.6 Å². The Bertz CT molecular complexity index is 1300. The summed E-state index contributed by atoms with van der Waals surface area (Å²) < 4.78 is 29.9. The molecule has 3 aromatic rings. The molecule has 4 atom stereocenters. The Morgan fingerprint density at radius 3 is 1.93 bits per heavy atom. The van der Waals surface area contributed by atoms with Gasteiger partial charge in [0.15, 0.2) is 6.04 Å². The number of aliphatic hydroxyl groups is 1. The molecule has 1 amide bonds. The van der Waals surface area contributed by atoms with E-state index in [1.54, 1.807) is 34.8 Å². The second-order valence-electron chi connectivity index (χ2n) is 9.42. The predicted octanol–water partition coefficient (Wildman–Crippen LogP) is 5.15. The van der Waals surface area contributed by atoms with E-state index in [1.165, 1.54) is 31.0 Å². The zero-order valence-electron chi connectivity index (χ0n) is 21.5. The molecule has 0 spiro atoms. The van der Waals surface area contributed by atoms with Gasteiger partial charge in [0.2, 0.25) is 5.91 Å². The summed E-state index contributed by atoms with van der Waals surface area (Å²) >= 11 is 13.5. The highest BCUT2D eigenvalue weighted by molar-refractivity contribution is 8.00. The molecule has 4 unspecified atom stereocenters. The molecular formula is C28H27Cl2F2N3O4S. The molecule has 4 rings (SSSR count). The molecule has 7 nitrogen and oxygen atoms in total. The van der Waals surface area contributed by atoms with Crippen LogP contribution in [0, 0.1) is 11.6 Å². The van der Waals surface area contributed by atoms with Gasteiger partial charge in [0.1, 0.15) is 17.7 Å². The van der Waals surface area contributed by atoms with Crippen LogP contribution in [0.3, 0.4) is 0 Å². The number of carbonyl (C=O) groups is 2. The summed E-state index contributed by atoms with van der Waals surface area (Å²) in [5.41, 5.74) is 1.83. The maximum Gasteiger partial charge on any atom is 0.328 e. The molecule has 1 heterocycles. The van der Waals surface area contributed by atoms with Crippen LogP contribution in [0.25, 0.3) is 0 Å². The fraction of sp³-hybridized carbons (Fsp3) is 0.286. The number of likely N-dealkylation sites (tertiary alicyclic amines) is 1. The molecule has 0 aliphatic carbocycles. The van der Waals surface area contributed by atoms with Gasteiger partial charge in [-0.15, -0.1) is 0 Å². The van der Waals surface area contributed by atoms with Gasteiger partial charge in [-0.05, 0) is 54.4 Å². The smallest absolute Gasteiger partial charge is 0.328 e. The lowest BCUT2D eigenvalue weighted by Crippen LogP contribution is -2.72. The highest BCUT2D eigenvalue weighted by Crippen LogP contribution is 2.41. The van der Waals surface area contributed by atoms with Crippen LogP contribution >= 0.6 is 35.1 Å². The number of benzene rings is 3. The molecule has 212 valence electrons.